The maximum atomic E-state index is 12.9. The Hall–Kier alpha value is -2.76. The zero-order valence-electron chi connectivity index (χ0n) is 14.7. The molecule has 1 aliphatic carbocycles. The normalized spacial score (nSPS) is 14.2. The van der Waals surface area contributed by atoms with E-state index in [1.54, 1.807) is 12.4 Å². The standard InChI is InChI=1S/C19H21N5O/c1-11(2)24-18-15(10-21-24)14(8-16(22-18)13-5-6-13)19(25)23-17-7-4-12(3)9-20-17/h4,7-11,13H,5-6H2,1-3H3,(H,20,23,25). The molecule has 0 radical (unpaired) electrons. The summed E-state index contributed by atoms with van der Waals surface area (Å²) in [5.41, 5.74) is 3.43. The number of fused-ring (bicyclic) bond motifs is 1. The number of nitrogens with zero attached hydrogens (tertiary/aromatic N) is 4. The van der Waals surface area contributed by atoms with Crippen molar-refractivity contribution in [1.82, 2.24) is 19.7 Å². The van der Waals surface area contributed by atoms with Gasteiger partial charge in [-0.15, -0.1) is 0 Å². The number of hydrogen-bond donors (Lipinski definition) is 1. The van der Waals surface area contributed by atoms with Crippen molar-refractivity contribution in [3.8, 4) is 0 Å². The fourth-order valence-electron chi connectivity index (χ4n) is 2.92. The van der Waals surface area contributed by atoms with Crippen LogP contribution < -0.4 is 5.32 Å². The molecule has 3 aromatic rings. The van der Waals surface area contributed by atoms with Gasteiger partial charge in [0, 0.05) is 23.9 Å². The van der Waals surface area contributed by atoms with Crippen molar-refractivity contribution >= 4 is 22.8 Å². The molecule has 0 spiro atoms. The Morgan fingerprint density at radius 3 is 2.72 bits per heavy atom. The lowest BCUT2D eigenvalue weighted by Gasteiger charge is -2.10. The van der Waals surface area contributed by atoms with Crippen LogP contribution in [0.5, 0.6) is 0 Å². The first-order valence-electron chi connectivity index (χ1n) is 8.65. The van der Waals surface area contributed by atoms with Crippen LogP contribution in [0.15, 0.2) is 30.6 Å². The highest BCUT2D eigenvalue weighted by molar-refractivity contribution is 6.11. The largest absolute Gasteiger partial charge is 0.307 e. The van der Waals surface area contributed by atoms with E-state index in [0.29, 0.717) is 17.3 Å². The lowest BCUT2D eigenvalue weighted by atomic mass is 10.1. The van der Waals surface area contributed by atoms with Crippen LogP contribution in [-0.4, -0.2) is 25.7 Å². The lowest BCUT2D eigenvalue weighted by Crippen LogP contribution is -2.14. The fourth-order valence-corrected chi connectivity index (χ4v) is 2.92. The van der Waals surface area contributed by atoms with Crippen molar-refractivity contribution in [3.63, 3.8) is 0 Å². The zero-order chi connectivity index (χ0) is 17.6. The molecule has 3 heterocycles. The van der Waals surface area contributed by atoms with E-state index >= 15 is 0 Å². The second-order valence-corrected chi connectivity index (χ2v) is 6.96. The van der Waals surface area contributed by atoms with E-state index < -0.39 is 0 Å². The van der Waals surface area contributed by atoms with Gasteiger partial charge in [0.1, 0.15) is 5.82 Å². The maximum absolute atomic E-state index is 12.9. The van der Waals surface area contributed by atoms with Crippen molar-refractivity contribution in [2.45, 2.75) is 45.6 Å². The highest BCUT2D eigenvalue weighted by Crippen LogP contribution is 2.40. The molecule has 0 bridgehead atoms. The molecule has 4 rings (SSSR count). The molecular formula is C19H21N5O. The third kappa shape index (κ3) is 2.99. The van der Waals surface area contributed by atoms with Gasteiger partial charge in [-0.05, 0) is 51.3 Å². The number of amides is 1. The van der Waals surface area contributed by atoms with Gasteiger partial charge in [-0.2, -0.15) is 5.10 Å². The number of anilines is 1. The fraction of sp³-hybridized carbons (Fsp3) is 0.368. The topological polar surface area (TPSA) is 72.7 Å². The monoisotopic (exact) mass is 335 g/mol. The van der Waals surface area contributed by atoms with Gasteiger partial charge in [-0.1, -0.05) is 6.07 Å². The van der Waals surface area contributed by atoms with Crippen LogP contribution in [0.2, 0.25) is 0 Å². The van der Waals surface area contributed by atoms with Crippen LogP contribution in [0.1, 0.15) is 60.3 Å². The quantitative estimate of drug-likeness (QED) is 0.786. The Balaban J connectivity index is 1.76. The van der Waals surface area contributed by atoms with E-state index in [0.717, 1.165) is 35.1 Å². The molecule has 1 saturated carbocycles. The number of carbonyl (C=O) groups is 1. The first-order chi connectivity index (χ1) is 12.0. The van der Waals surface area contributed by atoms with Crippen LogP contribution in [0.3, 0.4) is 0 Å². The molecule has 0 atom stereocenters. The summed E-state index contributed by atoms with van der Waals surface area (Å²) < 4.78 is 1.88. The number of hydrogen-bond acceptors (Lipinski definition) is 4. The number of aromatic nitrogens is 4. The molecule has 6 nitrogen and oxygen atoms in total. The van der Waals surface area contributed by atoms with Gasteiger partial charge in [0.05, 0.1) is 17.1 Å². The Kier molecular flexibility index (Phi) is 3.75. The van der Waals surface area contributed by atoms with Crippen molar-refractivity contribution in [2.24, 2.45) is 0 Å². The van der Waals surface area contributed by atoms with Crippen LogP contribution in [0.25, 0.3) is 11.0 Å². The molecule has 25 heavy (non-hydrogen) atoms. The van der Waals surface area contributed by atoms with E-state index in [4.69, 9.17) is 4.98 Å². The smallest absolute Gasteiger partial charge is 0.257 e. The summed E-state index contributed by atoms with van der Waals surface area (Å²) in [6.45, 7) is 6.09. The molecule has 0 unspecified atom stereocenters. The minimum Gasteiger partial charge on any atom is -0.307 e. The molecule has 128 valence electrons. The number of pyridine rings is 2. The predicted molar refractivity (Wildman–Crippen MR) is 96.8 cm³/mol. The van der Waals surface area contributed by atoms with Gasteiger partial charge in [0.15, 0.2) is 5.65 Å². The summed E-state index contributed by atoms with van der Waals surface area (Å²) in [6, 6.07) is 5.84. The summed E-state index contributed by atoms with van der Waals surface area (Å²) in [4.78, 5) is 21.9. The number of nitrogens with one attached hydrogen (secondary N) is 1. The van der Waals surface area contributed by atoms with Crippen molar-refractivity contribution in [3.05, 3.63) is 47.4 Å². The van der Waals surface area contributed by atoms with Crippen molar-refractivity contribution in [1.29, 1.82) is 0 Å². The average Bonchev–Trinajstić information content (AvgIpc) is 3.35. The Bertz CT molecular complexity index is 938. The highest BCUT2D eigenvalue weighted by Gasteiger charge is 2.28. The van der Waals surface area contributed by atoms with E-state index in [-0.39, 0.29) is 11.9 Å². The molecule has 0 saturated heterocycles. The van der Waals surface area contributed by atoms with Crippen LogP contribution in [-0.2, 0) is 0 Å². The average molecular weight is 335 g/mol. The van der Waals surface area contributed by atoms with Crippen LogP contribution >= 0.6 is 0 Å². The van der Waals surface area contributed by atoms with Gasteiger partial charge in [-0.25, -0.2) is 14.6 Å². The number of aryl methyl sites for hydroxylation is 1. The second-order valence-electron chi connectivity index (χ2n) is 6.96. The van der Waals surface area contributed by atoms with E-state index in [1.807, 2.05) is 29.8 Å². The predicted octanol–water partition coefficient (Wildman–Crippen LogP) is 3.85. The molecular weight excluding hydrogens is 314 g/mol. The maximum Gasteiger partial charge on any atom is 0.257 e. The van der Waals surface area contributed by atoms with E-state index in [2.05, 4.69) is 29.2 Å². The van der Waals surface area contributed by atoms with Gasteiger partial charge in [0.2, 0.25) is 0 Å². The summed E-state index contributed by atoms with van der Waals surface area (Å²) in [7, 11) is 0. The summed E-state index contributed by atoms with van der Waals surface area (Å²) in [5.74, 6) is 0.836. The highest BCUT2D eigenvalue weighted by atomic mass is 16.1. The Labute approximate surface area is 146 Å². The summed E-state index contributed by atoms with van der Waals surface area (Å²) in [6.07, 6.45) is 5.74. The first kappa shape index (κ1) is 15.7. The molecule has 0 aromatic carbocycles. The Morgan fingerprint density at radius 2 is 2.08 bits per heavy atom. The Morgan fingerprint density at radius 1 is 1.28 bits per heavy atom. The lowest BCUT2D eigenvalue weighted by molar-refractivity contribution is 0.102. The molecule has 1 aliphatic rings. The minimum atomic E-state index is -0.172. The first-order valence-corrected chi connectivity index (χ1v) is 8.65. The van der Waals surface area contributed by atoms with E-state index in [1.165, 1.54) is 0 Å². The molecule has 3 aromatic heterocycles. The van der Waals surface area contributed by atoms with Gasteiger partial charge >= 0.3 is 0 Å². The molecule has 6 heteroatoms. The van der Waals surface area contributed by atoms with Gasteiger partial charge in [-0.3, -0.25) is 4.79 Å². The SMILES string of the molecule is Cc1ccc(NC(=O)c2cc(C3CC3)nc3c2cnn3C(C)C)nc1. The van der Waals surface area contributed by atoms with Crippen LogP contribution in [0, 0.1) is 6.92 Å². The molecule has 0 aliphatic heterocycles. The number of carbonyl (C=O) groups excluding carboxylic acids is 1. The third-order valence-electron chi connectivity index (χ3n) is 4.47. The minimum absolute atomic E-state index is 0.172. The molecule has 1 amide bonds. The van der Waals surface area contributed by atoms with Crippen LogP contribution in [0.4, 0.5) is 5.82 Å². The van der Waals surface area contributed by atoms with Crippen molar-refractivity contribution in [2.75, 3.05) is 5.32 Å². The van der Waals surface area contributed by atoms with Gasteiger partial charge in [0.25, 0.3) is 5.91 Å². The summed E-state index contributed by atoms with van der Waals surface area (Å²) in [5, 5.41) is 8.10. The van der Waals surface area contributed by atoms with Crippen molar-refractivity contribution < 1.29 is 4.79 Å². The summed E-state index contributed by atoms with van der Waals surface area (Å²) >= 11 is 0. The zero-order valence-corrected chi connectivity index (χ0v) is 14.7. The van der Waals surface area contributed by atoms with E-state index in [9.17, 15) is 4.79 Å². The number of rotatable bonds is 4. The third-order valence-corrected chi connectivity index (χ3v) is 4.47. The van der Waals surface area contributed by atoms with Gasteiger partial charge < -0.3 is 5.32 Å². The molecule has 1 N–H and O–H groups in total. The molecule has 1 fully saturated rings. The second kappa shape index (κ2) is 5.95.